The number of nitriles is 1. The van der Waals surface area contributed by atoms with Crippen molar-refractivity contribution in [1.29, 1.82) is 5.26 Å². The maximum Gasteiger partial charge on any atom is 0.200 e. The predicted octanol–water partition coefficient (Wildman–Crippen LogP) is 1.85. The standard InChI is InChI=1S/C11H12F2N2O/c1-2-15-8(6-14)7-16-10-5-3-4-9(12)11(10)13/h3-5,8,15H,2,7H2,1H3. The van der Waals surface area contributed by atoms with Crippen LogP contribution in [-0.2, 0) is 0 Å². The molecule has 0 aliphatic heterocycles. The van der Waals surface area contributed by atoms with Crippen molar-refractivity contribution >= 4 is 0 Å². The number of likely N-dealkylation sites (N-methyl/N-ethyl adjacent to an activating group) is 1. The van der Waals surface area contributed by atoms with Crippen LogP contribution in [0.2, 0.25) is 0 Å². The zero-order valence-corrected chi connectivity index (χ0v) is 8.84. The Labute approximate surface area is 92.6 Å². The van der Waals surface area contributed by atoms with Crippen LogP contribution < -0.4 is 10.1 Å². The highest BCUT2D eigenvalue weighted by Gasteiger charge is 2.11. The molecule has 1 aromatic carbocycles. The van der Waals surface area contributed by atoms with Gasteiger partial charge in [-0.15, -0.1) is 0 Å². The van der Waals surface area contributed by atoms with Gasteiger partial charge in [0.2, 0.25) is 5.82 Å². The zero-order chi connectivity index (χ0) is 12.0. The van der Waals surface area contributed by atoms with E-state index in [1.54, 1.807) is 0 Å². The molecule has 3 nitrogen and oxygen atoms in total. The average Bonchev–Trinajstić information content (AvgIpc) is 2.29. The highest BCUT2D eigenvalue weighted by molar-refractivity contribution is 5.25. The number of benzene rings is 1. The summed E-state index contributed by atoms with van der Waals surface area (Å²) in [7, 11) is 0. The number of hydrogen-bond donors (Lipinski definition) is 1. The van der Waals surface area contributed by atoms with Crippen molar-refractivity contribution in [3.8, 4) is 11.8 Å². The highest BCUT2D eigenvalue weighted by Crippen LogP contribution is 2.18. The predicted molar refractivity (Wildman–Crippen MR) is 54.9 cm³/mol. The van der Waals surface area contributed by atoms with E-state index in [1.165, 1.54) is 12.1 Å². The average molecular weight is 226 g/mol. The molecule has 0 aliphatic rings. The fourth-order valence-corrected chi connectivity index (χ4v) is 1.16. The lowest BCUT2D eigenvalue weighted by Crippen LogP contribution is -2.33. The Bertz CT molecular complexity index is 390. The van der Waals surface area contributed by atoms with Crippen molar-refractivity contribution in [2.24, 2.45) is 0 Å². The monoisotopic (exact) mass is 226 g/mol. The van der Waals surface area contributed by atoms with E-state index in [2.05, 4.69) is 5.32 Å². The van der Waals surface area contributed by atoms with Crippen LogP contribution >= 0.6 is 0 Å². The number of hydrogen-bond acceptors (Lipinski definition) is 3. The Morgan fingerprint density at radius 2 is 2.25 bits per heavy atom. The molecule has 1 N–H and O–H groups in total. The molecule has 0 saturated heterocycles. The molecule has 5 heteroatoms. The molecule has 0 amide bonds. The second-order valence-corrected chi connectivity index (χ2v) is 3.10. The molecule has 86 valence electrons. The molecule has 0 fully saturated rings. The minimum Gasteiger partial charge on any atom is -0.488 e. The normalized spacial score (nSPS) is 11.9. The van der Waals surface area contributed by atoms with Crippen molar-refractivity contribution in [1.82, 2.24) is 5.32 Å². The van der Waals surface area contributed by atoms with Gasteiger partial charge < -0.3 is 4.74 Å². The SMILES string of the molecule is CCNC(C#N)COc1cccc(F)c1F. The summed E-state index contributed by atoms with van der Waals surface area (Å²) in [4.78, 5) is 0. The van der Waals surface area contributed by atoms with Crippen molar-refractivity contribution in [3.05, 3.63) is 29.8 Å². The van der Waals surface area contributed by atoms with Crippen molar-refractivity contribution < 1.29 is 13.5 Å². The number of ether oxygens (including phenoxy) is 1. The van der Waals surface area contributed by atoms with Gasteiger partial charge in [-0.05, 0) is 18.7 Å². The number of nitrogens with zero attached hydrogens (tertiary/aromatic N) is 1. The third-order valence-electron chi connectivity index (χ3n) is 1.93. The summed E-state index contributed by atoms with van der Waals surface area (Å²) in [5.74, 6) is -2.18. The molecule has 0 heterocycles. The first-order valence-electron chi connectivity index (χ1n) is 4.88. The Morgan fingerprint density at radius 3 is 2.88 bits per heavy atom. The third kappa shape index (κ3) is 3.17. The van der Waals surface area contributed by atoms with Crippen molar-refractivity contribution in [3.63, 3.8) is 0 Å². The van der Waals surface area contributed by atoms with E-state index in [0.29, 0.717) is 6.54 Å². The maximum atomic E-state index is 13.1. The van der Waals surface area contributed by atoms with Crippen LogP contribution in [0.15, 0.2) is 18.2 Å². The molecule has 0 bridgehead atoms. The summed E-state index contributed by atoms with van der Waals surface area (Å²) >= 11 is 0. The molecule has 0 radical (unpaired) electrons. The van der Waals surface area contributed by atoms with Crippen LogP contribution in [0.1, 0.15) is 6.92 Å². The van der Waals surface area contributed by atoms with Gasteiger partial charge in [-0.3, -0.25) is 5.32 Å². The molecule has 1 atom stereocenters. The number of halogens is 2. The second-order valence-electron chi connectivity index (χ2n) is 3.10. The Balaban J connectivity index is 2.61. The quantitative estimate of drug-likeness (QED) is 0.833. The lowest BCUT2D eigenvalue weighted by atomic mass is 10.3. The van der Waals surface area contributed by atoms with Gasteiger partial charge in [0.25, 0.3) is 0 Å². The van der Waals surface area contributed by atoms with Crippen LogP contribution in [0.5, 0.6) is 5.75 Å². The van der Waals surface area contributed by atoms with Gasteiger partial charge >= 0.3 is 0 Å². The van der Waals surface area contributed by atoms with E-state index in [4.69, 9.17) is 10.00 Å². The first kappa shape index (κ1) is 12.4. The van der Waals surface area contributed by atoms with E-state index in [9.17, 15) is 8.78 Å². The summed E-state index contributed by atoms with van der Waals surface area (Å²) in [6.45, 7) is 2.42. The molecule has 0 spiro atoms. The van der Waals surface area contributed by atoms with E-state index in [1.807, 2.05) is 13.0 Å². The van der Waals surface area contributed by atoms with Gasteiger partial charge in [0, 0.05) is 0 Å². The molecular weight excluding hydrogens is 214 g/mol. The third-order valence-corrected chi connectivity index (χ3v) is 1.93. The smallest absolute Gasteiger partial charge is 0.200 e. The molecule has 0 aliphatic carbocycles. The molecule has 16 heavy (non-hydrogen) atoms. The molecule has 1 unspecified atom stereocenters. The summed E-state index contributed by atoms with van der Waals surface area (Å²) in [5, 5.41) is 11.5. The topological polar surface area (TPSA) is 45.0 Å². The summed E-state index contributed by atoms with van der Waals surface area (Å²) in [5.41, 5.74) is 0. The Kier molecular flexibility index (Phi) is 4.67. The molecular formula is C11H12F2N2O. The van der Waals surface area contributed by atoms with E-state index < -0.39 is 17.7 Å². The van der Waals surface area contributed by atoms with Gasteiger partial charge in [0.05, 0.1) is 6.07 Å². The van der Waals surface area contributed by atoms with Gasteiger partial charge in [0.15, 0.2) is 11.6 Å². The van der Waals surface area contributed by atoms with Crippen molar-refractivity contribution in [2.75, 3.05) is 13.2 Å². The minimum absolute atomic E-state index is 0.0231. The number of nitrogens with one attached hydrogen (secondary N) is 1. The molecule has 1 aromatic rings. The van der Waals surface area contributed by atoms with Crippen LogP contribution in [0.25, 0.3) is 0 Å². The fraction of sp³-hybridized carbons (Fsp3) is 0.364. The van der Waals surface area contributed by atoms with Gasteiger partial charge in [-0.2, -0.15) is 9.65 Å². The first-order chi connectivity index (χ1) is 7.69. The summed E-state index contributed by atoms with van der Waals surface area (Å²) in [6, 6.07) is 5.10. The van der Waals surface area contributed by atoms with E-state index in [0.717, 1.165) is 6.07 Å². The van der Waals surface area contributed by atoms with Crippen LogP contribution in [-0.4, -0.2) is 19.2 Å². The van der Waals surface area contributed by atoms with Crippen LogP contribution in [0.3, 0.4) is 0 Å². The van der Waals surface area contributed by atoms with Gasteiger partial charge in [-0.1, -0.05) is 13.0 Å². The Morgan fingerprint density at radius 1 is 1.50 bits per heavy atom. The zero-order valence-electron chi connectivity index (χ0n) is 8.84. The van der Waals surface area contributed by atoms with Crippen LogP contribution in [0.4, 0.5) is 8.78 Å². The Hall–Kier alpha value is -1.67. The second kappa shape index (κ2) is 6.03. The van der Waals surface area contributed by atoms with E-state index >= 15 is 0 Å². The highest BCUT2D eigenvalue weighted by atomic mass is 19.2. The van der Waals surface area contributed by atoms with Crippen molar-refractivity contribution in [2.45, 2.75) is 13.0 Å². The maximum absolute atomic E-state index is 13.1. The lowest BCUT2D eigenvalue weighted by Gasteiger charge is -2.12. The van der Waals surface area contributed by atoms with Crippen LogP contribution in [0, 0.1) is 23.0 Å². The molecule has 0 saturated carbocycles. The summed E-state index contributed by atoms with van der Waals surface area (Å²) in [6.07, 6.45) is 0. The van der Waals surface area contributed by atoms with E-state index in [-0.39, 0.29) is 12.4 Å². The molecule has 0 aromatic heterocycles. The number of rotatable bonds is 5. The lowest BCUT2D eigenvalue weighted by molar-refractivity contribution is 0.273. The van der Waals surface area contributed by atoms with Gasteiger partial charge in [-0.25, -0.2) is 4.39 Å². The largest absolute Gasteiger partial charge is 0.488 e. The first-order valence-corrected chi connectivity index (χ1v) is 4.88. The minimum atomic E-state index is -1.03. The summed E-state index contributed by atoms with van der Waals surface area (Å²) < 4.78 is 31.0. The fourth-order valence-electron chi connectivity index (χ4n) is 1.16. The van der Waals surface area contributed by atoms with Gasteiger partial charge in [0.1, 0.15) is 12.6 Å². The molecule has 1 rings (SSSR count).